The second kappa shape index (κ2) is 7.30. The van der Waals surface area contributed by atoms with E-state index in [1.807, 2.05) is 24.3 Å². The van der Waals surface area contributed by atoms with Gasteiger partial charge in [0.05, 0.1) is 11.2 Å². The molecular formula is C20H32BNO3. The first-order valence-corrected chi connectivity index (χ1v) is 9.61. The van der Waals surface area contributed by atoms with Gasteiger partial charge < -0.3 is 14.0 Å². The number of piperidine rings is 1. The van der Waals surface area contributed by atoms with E-state index in [1.165, 1.54) is 25.8 Å². The number of rotatable bonds is 5. The van der Waals surface area contributed by atoms with Crippen molar-refractivity contribution in [1.82, 2.24) is 4.90 Å². The monoisotopic (exact) mass is 345 g/mol. The Bertz CT molecular complexity index is 557. The minimum absolute atomic E-state index is 0.308. The number of ether oxygens (including phenoxy) is 1. The Morgan fingerprint density at radius 2 is 1.72 bits per heavy atom. The SMILES string of the molecule is CC1CCCCN1CCOc1ccc(B2OC(C)(C)C(C)(C)O2)cc1. The standard InChI is InChI=1S/C20H32BNO3/c1-16-8-6-7-13-22(16)14-15-23-18-11-9-17(10-12-18)21-24-19(2,3)20(4,5)25-21/h9-12,16H,6-8,13-15H2,1-5H3. The highest BCUT2D eigenvalue weighted by Crippen LogP contribution is 2.36. The normalized spacial score (nSPS) is 26.0. The van der Waals surface area contributed by atoms with Crippen molar-refractivity contribution in [3.05, 3.63) is 24.3 Å². The van der Waals surface area contributed by atoms with Gasteiger partial charge in [-0.25, -0.2) is 0 Å². The first kappa shape index (κ1) is 18.7. The van der Waals surface area contributed by atoms with Crippen LogP contribution in [0.5, 0.6) is 5.75 Å². The first-order chi connectivity index (χ1) is 11.8. The van der Waals surface area contributed by atoms with Crippen molar-refractivity contribution in [2.75, 3.05) is 19.7 Å². The van der Waals surface area contributed by atoms with E-state index in [0.717, 1.165) is 24.4 Å². The molecule has 1 aromatic rings. The highest BCUT2D eigenvalue weighted by Gasteiger charge is 2.51. The van der Waals surface area contributed by atoms with E-state index in [2.05, 4.69) is 39.5 Å². The Kier molecular flexibility index (Phi) is 5.47. The number of hydrogen-bond acceptors (Lipinski definition) is 4. The molecule has 2 heterocycles. The van der Waals surface area contributed by atoms with Crippen molar-refractivity contribution in [3.63, 3.8) is 0 Å². The average Bonchev–Trinajstić information content (AvgIpc) is 2.78. The summed E-state index contributed by atoms with van der Waals surface area (Å²) in [6.45, 7) is 13.6. The lowest BCUT2D eigenvalue weighted by molar-refractivity contribution is 0.00578. The van der Waals surface area contributed by atoms with Gasteiger partial charge in [-0.3, -0.25) is 4.90 Å². The summed E-state index contributed by atoms with van der Waals surface area (Å²) in [6.07, 6.45) is 3.98. The average molecular weight is 345 g/mol. The smallest absolute Gasteiger partial charge is 0.492 e. The van der Waals surface area contributed by atoms with Crippen LogP contribution in [0.25, 0.3) is 0 Å². The summed E-state index contributed by atoms with van der Waals surface area (Å²) >= 11 is 0. The summed E-state index contributed by atoms with van der Waals surface area (Å²) in [4.78, 5) is 2.53. The molecule has 2 saturated heterocycles. The predicted molar refractivity (Wildman–Crippen MR) is 103 cm³/mol. The Balaban J connectivity index is 1.51. The zero-order chi connectivity index (χ0) is 18.1. The van der Waals surface area contributed by atoms with Gasteiger partial charge in [0, 0.05) is 12.6 Å². The fourth-order valence-electron chi connectivity index (χ4n) is 3.47. The molecule has 138 valence electrons. The van der Waals surface area contributed by atoms with E-state index >= 15 is 0 Å². The number of likely N-dealkylation sites (tertiary alicyclic amines) is 1. The molecule has 2 fully saturated rings. The van der Waals surface area contributed by atoms with Crippen molar-refractivity contribution in [2.45, 2.75) is 71.1 Å². The van der Waals surface area contributed by atoms with Crippen LogP contribution in [0.3, 0.4) is 0 Å². The summed E-state index contributed by atoms with van der Waals surface area (Å²) in [5, 5.41) is 0. The van der Waals surface area contributed by atoms with E-state index in [9.17, 15) is 0 Å². The van der Waals surface area contributed by atoms with Gasteiger partial charge in [-0.2, -0.15) is 0 Å². The molecule has 5 heteroatoms. The third kappa shape index (κ3) is 4.21. The van der Waals surface area contributed by atoms with Crippen LogP contribution >= 0.6 is 0 Å². The largest absolute Gasteiger partial charge is 0.494 e. The van der Waals surface area contributed by atoms with Gasteiger partial charge in [0.15, 0.2) is 0 Å². The molecule has 1 unspecified atom stereocenters. The lowest BCUT2D eigenvalue weighted by Crippen LogP contribution is -2.41. The number of nitrogens with zero attached hydrogens (tertiary/aromatic N) is 1. The highest BCUT2D eigenvalue weighted by atomic mass is 16.7. The van der Waals surface area contributed by atoms with Crippen LogP contribution < -0.4 is 10.2 Å². The van der Waals surface area contributed by atoms with Gasteiger partial charge in [0.1, 0.15) is 12.4 Å². The van der Waals surface area contributed by atoms with Crippen molar-refractivity contribution in [2.24, 2.45) is 0 Å². The van der Waals surface area contributed by atoms with Gasteiger partial charge >= 0.3 is 7.12 Å². The van der Waals surface area contributed by atoms with Crippen LogP contribution in [0.1, 0.15) is 53.9 Å². The Hall–Kier alpha value is -1.04. The molecule has 0 aromatic heterocycles. The molecule has 2 aliphatic rings. The second-order valence-corrected chi connectivity index (χ2v) is 8.39. The van der Waals surface area contributed by atoms with Gasteiger partial charge in [-0.1, -0.05) is 18.6 Å². The maximum absolute atomic E-state index is 6.09. The second-order valence-electron chi connectivity index (χ2n) is 8.39. The van der Waals surface area contributed by atoms with Crippen molar-refractivity contribution in [3.8, 4) is 5.75 Å². The molecule has 0 bridgehead atoms. The zero-order valence-corrected chi connectivity index (χ0v) is 16.4. The highest BCUT2D eigenvalue weighted by molar-refractivity contribution is 6.62. The topological polar surface area (TPSA) is 30.9 Å². The van der Waals surface area contributed by atoms with Gasteiger partial charge in [0.25, 0.3) is 0 Å². The summed E-state index contributed by atoms with van der Waals surface area (Å²) in [5.41, 5.74) is 0.423. The fraction of sp³-hybridized carbons (Fsp3) is 0.700. The Morgan fingerprint density at radius 3 is 2.32 bits per heavy atom. The molecule has 0 spiro atoms. The van der Waals surface area contributed by atoms with E-state index < -0.39 is 0 Å². The van der Waals surface area contributed by atoms with Crippen LogP contribution in [0.4, 0.5) is 0 Å². The summed E-state index contributed by atoms with van der Waals surface area (Å²) in [7, 11) is -0.312. The van der Waals surface area contributed by atoms with Crippen LogP contribution in [0.15, 0.2) is 24.3 Å². The van der Waals surface area contributed by atoms with E-state index in [4.69, 9.17) is 14.0 Å². The molecule has 0 N–H and O–H groups in total. The molecule has 0 aliphatic carbocycles. The summed E-state index contributed by atoms with van der Waals surface area (Å²) < 4.78 is 18.1. The molecule has 1 aromatic carbocycles. The van der Waals surface area contributed by atoms with Crippen molar-refractivity contribution >= 4 is 12.6 Å². The minimum Gasteiger partial charge on any atom is -0.492 e. The van der Waals surface area contributed by atoms with Crippen LogP contribution in [-0.4, -0.2) is 49.0 Å². The van der Waals surface area contributed by atoms with Gasteiger partial charge in [-0.15, -0.1) is 0 Å². The Morgan fingerprint density at radius 1 is 1.08 bits per heavy atom. The van der Waals surface area contributed by atoms with Crippen molar-refractivity contribution < 1.29 is 14.0 Å². The molecule has 4 nitrogen and oxygen atoms in total. The van der Waals surface area contributed by atoms with Gasteiger partial charge in [0.2, 0.25) is 0 Å². The molecule has 2 aliphatic heterocycles. The lowest BCUT2D eigenvalue weighted by Gasteiger charge is -2.33. The predicted octanol–water partition coefficient (Wildman–Crippen LogP) is 3.24. The third-order valence-corrected chi connectivity index (χ3v) is 5.99. The molecule has 0 radical (unpaired) electrons. The first-order valence-electron chi connectivity index (χ1n) is 9.61. The van der Waals surface area contributed by atoms with E-state index in [-0.39, 0.29) is 18.3 Å². The minimum atomic E-state index is -0.312. The fourth-order valence-corrected chi connectivity index (χ4v) is 3.47. The molecule has 3 rings (SSSR count). The summed E-state index contributed by atoms with van der Waals surface area (Å²) in [6, 6.07) is 8.80. The van der Waals surface area contributed by atoms with Crippen LogP contribution in [0, 0.1) is 0 Å². The van der Waals surface area contributed by atoms with Crippen LogP contribution in [-0.2, 0) is 9.31 Å². The molecule has 25 heavy (non-hydrogen) atoms. The molecular weight excluding hydrogens is 313 g/mol. The number of benzene rings is 1. The maximum Gasteiger partial charge on any atom is 0.494 e. The van der Waals surface area contributed by atoms with Crippen molar-refractivity contribution in [1.29, 1.82) is 0 Å². The van der Waals surface area contributed by atoms with E-state index in [1.54, 1.807) is 0 Å². The molecule has 0 saturated carbocycles. The van der Waals surface area contributed by atoms with E-state index in [0.29, 0.717) is 6.04 Å². The van der Waals surface area contributed by atoms with Gasteiger partial charge in [-0.05, 0) is 71.6 Å². The summed E-state index contributed by atoms with van der Waals surface area (Å²) in [5.74, 6) is 0.907. The molecule has 1 atom stereocenters. The quantitative estimate of drug-likeness (QED) is 0.767. The lowest BCUT2D eigenvalue weighted by atomic mass is 9.79. The third-order valence-electron chi connectivity index (χ3n) is 5.99. The Labute approximate surface area is 153 Å². The van der Waals surface area contributed by atoms with Crippen LogP contribution in [0.2, 0.25) is 0 Å². The molecule has 0 amide bonds. The zero-order valence-electron chi connectivity index (χ0n) is 16.4. The maximum atomic E-state index is 6.09. The number of hydrogen-bond donors (Lipinski definition) is 0.